The zero-order chi connectivity index (χ0) is 8.27. The fraction of sp³-hybridized carbons (Fsp3) is 0. The quantitative estimate of drug-likeness (QED) is 0.685. The molecule has 0 fully saturated rings. The Hall–Kier alpha value is -0.735. The number of rotatable bonds is 2. The molecule has 1 N–H and O–H groups in total. The van der Waals surface area contributed by atoms with Gasteiger partial charge in [-0.05, 0) is 18.2 Å². The van der Waals surface area contributed by atoms with Gasteiger partial charge in [-0.3, -0.25) is 0 Å². The van der Waals surface area contributed by atoms with Crippen molar-refractivity contribution < 1.29 is 14.1 Å². The summed E-state index contributed by atoms with van der Waals surface area (Å²) in [4.78, 5) is 0. The molecule has 57 valence electrons. The van der Waals surface area contributed by atoms with Crippen LogP contribution in [-0.2, 0) is 0 Å². The summed E-state index contributed by atoms with van der Waals surface area (Å²) >= 11 is 5.40. The lowest BCUT2D eigenvalue weighted by Gasteiger charge is -2.00. The van der Waals surface area contributed by atoms with Gasteiger partial charge in [-0.1, -0.05) is 11.6 Å². The molecule has 0 amide bonds. The van der Waals surface area contributed by atoms with E-state index in [1.165, 1.54) is 12.1 Å². The maximum Gasteiger partial charge on any atom is 0.569 e. The van der Waals surface area contributed by atoms with Crippen LogP contribution in [0.25, 0.3) is 0 Å². The molecule has 1 rings (SSSR count). The van der Waals surface area contributed by atoms with Gasteiger partial charge in [0, 0.05) is 0 Å². The molecule has 1 radical (unpaired) electrons. The Labute approximate surface area is 68.9 Å². The molecule has 0 unspecified atom stereocenters. The molecule has 5 heteroatoms. The van der Waals surface area contributed by atoms with E-state index in [2.05, 4.69) is 4.65 Å². The molecule has 2 nitrogen and oxygen atoms in total. The van der Waals surface area contributed by atoms with E-state index >= 15 is 0 Å². The highest BCUT2D eigenvalue weighted by Gasteiger charge is 2.00. The second-order valence-electron chi connectivity index (χ2n) is 1.80. The first kappa shape index (κ1) is 8.36. The van der Waals surface area contributed by atoms with Crippen molar-refractivity contribution in [3.63, 3.8) is 0 Å². The van der Waals surface area contributed by atoms with Crippen molar-refractivity contribution in [3.8, 4) is 5.75 Å². The molecule has 0 aliphatic rings. The van der Waals surface area contributed by atoms with Crippen LogP contribution in [0.3, 0.4) is 0 Å². The van der Waals surface area contributed by atoms with Gasteiger partial charge in [0.15, 0.2) is 0 Å². The predicted molar refractivity (Wildman–Crippen MR) is 40.0 cm³/mol. The monoisotopic (exact) mass is 173 g/mol. The lowest BCUT2D eigenvalue weighted by atomic mass is 10.3. The maximum atomic E-state index is 12.5. The third kappa shape index (κ3) is 2.10. The fourth-order valence-corrected chi connectivity index (χ4v) is 0.782. The van der Waals surface area contributed by atoms with E-state index in [4.69, 9.17) is 16.6 Å². The molecule has 0 atom stereocenters. The number of hydrogen-bond donors (Lipinski definition) is 1. The van der Waals surface area contributed by atoms with E-state index in [0.29, 0.717) is 13.4 Å². The average Bonchev–Trinajstić information content (AvgIpc) is 1.98. The van der Waals surface area contributed by atoms with Gasteiger partial charge in [0.2, 0.25) is 0 Å². The predicted octanol–water partition coefficient (Wildman–Crippen LogP) is 1.38. The van der Waals surface area contributed by atoms with E-state index in [1.807, 2.05) is 0 Å². The fourth-order valence-electron chi connectivity index (χ4n) is 0.611. The third-order valence-corrected chi connectivity index (χ3v) is 1.37. The summed E-state index contributed by atoms with van der Waals surface area (Å²) in [5.41, 5.74) is 0. The van der Waals surface area contributed by atoms with Gasteiger partial charge in [0.05, 0.1) is 5.02 Å². The zero-order valence-corrected chi connectivity index (χ0v) is 6.18. The van der Waals surface area contributed by atoms with E-state index in [-0.39, 0.29) is 5.02 Å². The molecular formula is C6H4BClFO2. The molecule has 0 aromatic heterocycles. The van der Waals surface area contributed by atoms with Gasteiger partial charge in [0.25, 0.3) is 0 Å². The second kappa shape index (κ2) is 3.60. The van der Waals surface area contributed by atoms with Crippen molar-refractivity contribution in [2.75, 3.05) is 0 Å². The van der Waals surface area contributed by atoms with Crippen molar-refractivity contribution in [1.82, 2.24) is 0 Å². The topological polar surface area (TPSA) is 29.5 Å². The van der Waals surface area contributed by atoms with Crippen molar-refractivity contribution in [1.29, 1.82) is 0 Å². The average molecular weight is 173 g/mol. The number of hydrogen-bond acceptors (Lipinski definition) is 2. The minimum Gasteiger partial charge on any atom is -0.537 e. The van der Waals surface area contributed by atoms with Crippen molar-refractivity contribution in [2.24, 2.45) is 0 Å². The van der Waals surface area contributed by atoms with Crippen molar-refractivity contribution >= 4 is 19.3 Å². The molecule has 0 aliphatic carbocycles. The summed E-state index contributed by atoms with van der Waals surface area (Å²) in [5, 5.41) is 8.16. The Bertz CT molecular complexity index is 256. The smallest absolute Gasteiger partial charge is 0.537 e. The summed E-state index contributed by atoms with van der Waals surface area (Å²) in [6.45, 7) is 0. The molecule has 0 aliphatic heterocycles. The highest BCUT2D eigenvalue weighted by Crippen LogP contribution is 2.20. The molecule has 0 saturated carbocycles. The Kier molecular flexibility index (Phi) is 2.73. The normalized spacial score (nSPS) is 9.36. The van der Waals surface area contributed by atoms with E-state index in [0.717, 1.165) is 6.07 Å². The largest absolute Gasteiger partial charge is 0.569 e. The van der Waals surface area contributed by atoms with E-state index in [9.17, 15) is 4.39 Å². The van der Waals surface area contributed by atoms with Crippen LogP contribution in [0.5, 0.6) is 5.75 Å². The molecule has 0 spiro atoms. The highest BCUT2D eigenvalue weighted by atomic mass is 35.5. The lowest BCUT2D eigenvalue weighted by Crippen LogP contribution is -1.99. The first-order valence-electron chi connectivity index (χ1n) is 2.81. The standard InChI is InChI=1S/C6H4BClFO2/c8-5-3-4(11-7-10)1-2-6(5)9/h1-3,10H. The van der Waals surface area contributed by atoms with E-state index < -0.39 is 5.82 Å². The Morgan fingerprint density at radius 2 is 2.27 bits per heavy atom. The maximum absolute atomic E-state index is 12.5. The summed E-state index contributed by atoms with van der Waals surface area (Å²) in [6.07, 6.45) is 0. The molecule has 11 heavy (non-hydrogen) atoms. The zero-order valence-electron chi connectivity index (χ0n) is 5.42. The van der Waals surface area contributed by atoms with Gasteiger partial charge >= 0.3 is 7.69 Å². The molecule has 0 heterocycles. The van der Waals surface area contributed by atoms with Crippen LogP contribution in [0.15, 0.2) is 18.2 Å². The minimum atomic E-state index is -0.517. The molecular weight excluding hydrogens is 169 g/mol. The van der Waals surface area contributed by atoms with Crippen LogP contribution in [0.1, 0.15) is 0 Å². The molecule has 0 saturated heterocycles. The second-order valence-corrected chi connectivity index (χ2v) is 2.21. The molecule has 0 bridgehead atoms. The van der Waals surface area contributed by atoms with E-state index in [1.54, 1.807) is 0 Å². The van der Waals surface area contributed by atoms with Crippen LogP contribution in [-0.4, -0.2) is 12.7 Å². The minimum absolute atomic E-state index is 0.0376. The van der Waals surface area contributed by atoms with Crippen LogP contribution in [0.4, 0.5) is 4.39 Å². The SMILES string of the molecule is O[B]Oc1ccc(F)c(Cl)c1. The first-order chi connectivity index (χ1) is 5.24. The Morgan fingerprint density at radius 1 is 1.55 bits per heavy atom. The number of halogens is 2. The van der Waals surface area contributed by atoms with Crippen LogP contribution >= 0.6 is 11.6 Å². The molecule has 1 aromatic carbocycles. The lowest BCUT2D eigenvalue weighted by molar-refractivity contribution is 0.453. The molecule has 1 aromatic rings. The third-order valence-electron chi connectivity index (χ3n) is 1.08. The summed E-state index contributed by atoms with van der Waals surface area (Å²) in [7, 11) is 0.504. The van der Waals surface area contributed by atoms with Gasteiger partial charge in [0.1, 0.15) is 11.6 Å². The van der Waals surface area contributed by atoms with Crippen molar-refractivity contribution in [2.45, 2.75) is 0 Å². The number of benzene rings is 1. The van der Waals surface area contributed by atoms with Crippen molar-refractivity contribution in [3.05, 3.63) is 29.0 Å². The van der Waals surface area contributed by atoms with Gasteiger partial charge in [-0.15, -0.1) is 0 Å². The first-order valence-corrected chi connectivity index (χ1v) is 3.19. The van der Waals surface area contributed by atoms with Gasteiger partial charge in [-0.2, -0.15) is 0 Å². The highest BCUT2D eigenvalue weighted by molar-refractivity contribution is 6.30. The van der Waals surface area contributed by atoms with Crippen LogP contribution in [0.2, 0.25) is 5.02 Å². The van der Waals surface area contributed by atoms with Crippen LogP contribution in [0, 0.1) is 5.82 Å². The van der Waals surface area contributed by atoms with Gasteiger partial charge < -0.3 is 9.68 Å². The Balaban J connectivity index is 2.86. The summed E-state index contributed by atoms with van der Waals surface area (Å²) < 4.78 is 17.0. The Morgan fingerprint density at radius 3 is 2.82 bits per heavy atom. The summed E-state index contributed by atoms with van der Waals surface area (Å²) in [6, 6.07) is 3.78. The van der Waals surface area contributed by atoms with Gasteiger partial charge in [-0.25, -0.2) is 4.39 Å². The van der Waals surface area contributed by atoms with Crippen LogP contribution < -0.4 is 4.65 Å². The summed E-state index contributed by atoms with van der Waals surface area (Å²) in [5.74, 6) is -0.226.